The van der Waals surface area contributed by atoms with Gasteiger partial charge in [-0.1, -0.05) is 0 Å². The molecule has 1 aromatic heterocycles. The average Bonchev–Trinajstić information content (AvgIpc) is 2.44. The summed E-state index contributed by atoms with van der Waals surface area (Å²) in [5, 5.41) is 0.290. The highest BCUT2D eigenvalue weighted by molar-refractivity contribution is 7.91. The van der Waals surface area contributed by atoms with Crippen LogP contribution in [-0.4, -0.2) is 59.8 Å². The maximum absolute atomic E-state index is 11.5. The summed E-state index contributed by atoms with van der Waals surface area (Å²) in [6, 6.07) is 3.31. The zero-order valence-corrected chi connectivity index (χ0v) is 12.5. The molecule has 0 saturated carbocycles. The standard InChI is InChI=1S/C13H21N3O3S/c1-20(14,17)13-4-3-12(11-15-13)19-8-2-5-16-6-9-18-10-7-16/h3-4,11,14H,2,5-10H2,1H3. The van der Waals surface area contributed by atoms with Crippen molar-refractivity contribution in [1.82, 2.24) is 9.88 Å². The van der Waals surface area contributed by atoms with Crippen LogP contribution >= 0.6 is 0 Å². The molecule has 1 aliphatic heterocycles. The lowest BCUT2D eigenvalue weighted by atomic mass is 10.3. The number of hydrogen-bond donors (Lipinski definition) is 1. The monoisotopic (exact) mass is 299 g/mol. The smallest absolute Gasteiger partial charge is 0.137 e. The Hall–Kier alpha value is -1.18. The fraction of sp³-hybridized carbons (Fsp3) is 0.615. The Balaban J connectivity index is 1.71. The van der Waals surface area contributed by atoms with Gasteiger partial charge in [0.1, 0.15) is 10.8 Å². The Bertz CT molecular complexity index is 510. The van der Waals surface area contributed by atoms with Crippen molar-refractivity contribution in [3.05, 3.63) is 18.3 Å². The Kier molecular flexibility index (Phi) is 5.33. The first-order valence-electron chi connectivity index (χ1n) is 6.68. The van der Waals surface area contributed by atoms with E-state index < -0.39 is 9.73 Å². The van der Waals surface area contributed by atoms with Gasteiger partial charge in [-0.25, -0.2) is 14.0 Å². The fourth-order valence-corrected chi connectivity index (χ4v) is 2.57. The summed E-state index contributed by atoms with van der Waals surface area (Å²) in [5.41, 5.74) is 0. The summed E-state index contributed by atoms with van der Waals surface area (Å²) in [6.07, 6.45) is 3.84. The topological polar surface area (TPSA) is 75.5 Å². The normalized spacial score (nSPS) is 19.4. The van der Waals surface area contributed by atoms with Crippen molar-refractivity contribution in [3.63, 3.8) is 0 Å². The minimum Gasteiger partial charge on any atom is -0.492 e. The minimum absolute atomic E-state index is 0.290. The van der Waals surface area contributed by atoms with Crippen LogP contribution in [0.1, 0.15) is 6.42 Å². The summed E-state index contributed by atoms with van der Waals surface area (Å²) < 4.78 is 29.8. The molecule has 0 bridgehead atoms. The van der Waals surface area contributed by atoms with Crippen LogP contribution in [0.25, 0.3) is 0 Å². The number of nitrogens with one attached hydrogen (secondary N) is 1. The number of rotatable bonds is 6. The molecular weight excluding hydrogens is 278 g/mol. The molecule has 1 unspecified atom stereocenters. The van der Waals surface area contributed by atoms with Crippen molar-refractivity contribution >= 4 is 9.73 Å². The molecule has 0 aromatic carbocycles. The van der Waals surface area contributed by atoms with E-state index in [0.717, 1.165) is 39.3 Å². The van der Waals surface area contributed by atoms with E-state index in [1.54, 1.807) is 12.1 Å². The first-order chi connectivity index (χ1) is 9.55. The number of morpholine rings is 1. The predicted molar refractivity (Wildman–Crippen MR) is 76.7 cm³/mol. The lowest BCUT2D eigenvalue weighted by molar-refractivity contribution is 0.0358. The molecule has 6 nitrogen and oxygen atoms in total. The highest BCUT2D eigenvalue weighted by Crippen LogP contribution is 2.13. The molecule has 2 heterocycles. The summed E-state index contributed by atoms with van der Waals surface area (Å²) >= 11 is 0. The summed E-state index contributed by atoms with van der Waals surface area (Å²) in [7, 11) is -2.74. The van der Waals surface area contributed by atoms with Crippen molar-refractivity contribution in [2.24, 2.45) is 0 Å². The van der Waals surface area contributed by atoms with Crippen molar-refractivity contribution in [2.75, 3.05) is 45.7 Å². The maximum Gasteiger partial charge on any atom is 0.137 e. The van der Waals surface area contributed by atoms with E-state index in [1.807, 2.05) is 0 Å². The first kappa shape index (κ1) is 15.2. The molecule has 1 fully saturated rings. The first-order valence-corrected chi connectivity index (χ1v) is 8.65. The summed E-state index contributed by atoms with van der Waals surface area (Å²) in [4.78, 5) is 6.37. The maximum atomic E-state index is 11.5. The van der Waals surface area contributed by atoms with Gasteiger partial charge in [0.25, 0.3) is 0 Å². The SMILES string of the molecule is CS(=N)(=O)c1ccc(OCCCN2CCOCC2)cn1. The van der Waals surface area contributed by atoms with Gasteiger partial charge in [-0.05, 0) is 18.6 Å². The molecule has 0 aliphatic carbocycles. The minimum atomic E-state index is -2.74. The Labute approximate surface area is 120 Å². The van der Waals surface area contributed by atoms with Gasteiger partial charge in [-0.15, -0.1) is 0 Å². The Morgan fingerprint density at radius 2 is 2.20 bits per heavy atom. The van der Waals surface area contributed by atoms with Crippen molar-refractivity contribution < 1.29 is 13.7 Å². The summed E-state index contributed by atoms with van der Waals surface area (Å²) in [5.74, 6) is 0.652. The Morgan fingerprint density at radius 1 is 1.45 bits per heavy atom. The second-order valence-corrected chi connectivity index (χ2v) is 6.94. The van der Waals surface area contributed by atoms with Crippen molar-refractivity contribution in [1.29, 1.82) is 4.78 Å². The van der Waals surface area contributed by atoms with Gasteiger partial charge < -0.3 is 9.47 Å². The molecule has 1 saturated heterocycles. The van der Waals surface area contributed by atoms with Crippen LogP contribution in [-0.2, 0) is 14.5 Å². The van der Waals surface area contributed by atoms with Gasteiger partial charge >= 0.3 is 0 Å². The molecule has 0 spiro atoms. The number of ether oxygens (including phenoxy) is 2. The molecule has 1 aliphatic rings. The number of pyridine rings is 1. The van der Waals surface area contributed by atoms with Gasteiger partial charge in [0, 0.05) is 25.9 Å². The van der Waals surface area contributed by atoms with Crippen LogP contribution in [0.5, 0.6) is 5.75 Å². The molecule has 0 amide bonds. The highest BCUT2D eigenvalue weighted by atomic mass is 32.2. The fourth-order valence-electron chi connectivity index (χ4n) is 1.99. The average molecular weight is 299 g/mol. The second kappa shape index (κ2) is 7.01. The molecule has 1 aromatic rings. The molecule has 20 heavy (non-hydrogen) atoms. The zero-order valence-electron chi connectivity index (χ0n) is 11.7. The van der Waals surface area contributed by atoms with Gasteiger partial charge in [-0.2, -0.15) is 0 Å². The number of nitrogens with zero attached hydrogens (tertiary/aromatic N) is 2. The van der Waals surface area contributed by atoms with Crippen LogP contribution in [0.15, 0.2) is 23.4 Å². The van der Waals surface area contributed by atoms with Crippen LogP contribution in [0.4, 0.5) is 0 Å². The second-order valence-electron chi connectivity index (χ2n) is 4.83. The largest absolute Gasteiger partial charge is 0.492 e. The third-order valence-corrected chi connectivity index (χ3v) is 4.14. The van der Waals surface area contributed by atoms with Gasteiger partial charge in [0.2, 0.25) is 0 Å². The van der Waals surface area contributed by atoms with Crippen molar-refractivity contribution in [2.45, 2.75) is 11.4 Å². The molecule has 0 radical (unpaired) electrons. The van der Waals surface area contributed by atoms with Crippen LogP contribution in [0, 0.1) is 4.78 Å². The van der Waals surface area contributed by atoms with E-state index in [4.69, 9.17) is 14.3 Å². The zero-order chi connectivity index (χ0) is 14.4. The molecule has 1 atom stereocenters. The predicted octanol–water partition coefficient (Wildman–Crippen LogP) is 1.22. The molecule has 1 N–H and O–H groups in total. The van der Waals surface area contributed by atoms with Crippen LogP contribution < -0.4 is 4.74 Å². The highest BCUT2D eigenvalue weighted by Gasteiger charge is 2.09. The lowest BCUT2D eigenvalue weighted by Gasteiger charge is -2.26. The summed E-state index contributed by atoms with van der Waals surface area (Å²) in [6.45, 7) is 5.24. The van der Waals surface area contributed by atoms with Gasteiger partial charge in [0.15, 0.2) is 0 Å². The van der Waals surface area contributed by atoms with Gasteiger partial charge in [0.05, 0.1) is 35.7 Å². The number of aromatic nitrogens is 1. The van der Waals surface area contributed by atoms with E-state index >= 15 is 0 Å². The molecule has 2 rings (SSSR count). The van der Waals surface area contributed by atoms with Crippen molar-refractivity contribution in [3.8, 4) is 5.75 Å². The lowest BCUT2D eigenvalue weighted by Crippen LogP contribution is -2.37. The van der Waals surface area contributed by atoms with Gasteiger partial charge in [-0.3, -0.25) is 4.90 Å². The van der Waals surface area contributed by atoms with E-state index in [2.05, 4.69) is 9.88 Å². The molecule has 7 heteroatoms. The Morgan fingerprint density at radius 3 is 2.80 bits per heavy atom. The third kappa shape index (κ3) is 4.73. The number of hydrogen-bond acceptors (Lipinski definition) is 6. The van der Waals surface area contributed by atoms with Crippen LogP contribution in [0.3, 0.4) is 0 Å². The van der Waals surface area contributed by atoms with E-state index in [1.165, 1.54) is 12.5 Å². The quantitative estimate of drug-likeness (QED) is 0.799. The van der Waals surface area contributed by atoms with Crippen LogP contribution in [0.2, 0.25) is 0 Å². The van der Waals surface area contributed by atoms with E-state index in [9.17, 15) is 4.21 Å². The third-order valence-electron chi connectivity index (χ3n) is 3.10. The molecule has 112 valence electrons. The van der Waals surface area contributed by atoms with E-state index in [0.29, 0.717) is 12.4 Å². The molecular formula is C13H21N3O3S. The van der Waals surface area contributed by atoms with E-state index in [-0.39, 0.29) is 5.03 Å².